The van der Waals surface area contributed by atoms with E-state index in [2.05, 4.69) is 10.3 Å². The first kappa shape index (κ1) is 19.9. The highest BCUT2D eigenvalue weighted by molar-refractivity contribution is 5.33. The molecule has 0 aliphatic rings. The summed E-state index contributed by atoms with van der Waals surface area (Å²) in [5.41, 5.74) is 2.14. The second kappa shape index (κ2) is 9.39. The molecule has 0 saturated heterocycles. The fraction of sp³-hybridized carbons (Fsp3) is 0.318. The van der Waals surface area contributed by atoms with E-state index in [-0.39, 0.29) is 12.6 Å². The average molecular weight is 381 g/mol. The van der Waals surface area contributed by atoms with E-state index in [0.717, 1.165) is 28.5 Å². The molecular formula is C22H27N3O3. The standard InChI is InChI=1S/C22H27N3O3/c1-16-6-4-9-20(12-16)28-15-18(26)14-24-21(22-23-10-11-25(22)2)17-7-5-8-19(13-17)27-3/h4-13,18,21,24,26H,14-15H2,1-3H3. The molecule has 2 unspecified atom stereocenters. The van der Waals surface area contributed by atoms with Crippen LogP contribution >= 0.6 is 0 Å². The molecule has 2 aromatic carbocycles. The van der Waals surface area contributed by atoms with E-state index in [1.807, 2.05) is 73.3 Å². The number of aryl methyl sites for hydroxylation is 2. The molecule has 0 bridgehead atoms. The molecule has 0 spiro atoms. The first-order chi connectivity index (χ1) is 13.6. The molecule has 0 aliphatic carbocycles. The monoisotopic (exact) mass is 381 g/mol. The third-order valence-corrected chi connectivity index (χ3v) is 4.53. The number of rotatable bonds is 9. The van der Waals surface area contributed by atoms with Gasteiger partial charge in [0.15, 0.2) is 0 Å². The van der Waals surface area contributed by atoms with Crippen molar-refractivity contribution in [3.63, 3.8) is 0 Å². The molecule has 28 heavy (non-hydrogen) atoms. The van der Waals surface area contributed by atoms with Crippen LogP contribution in [-0.2, 0) is 7.05 Å². The molecule has 3 rings (SSSR count). The van der Waals surface area contributed by atoms with Gasteiger partial charge in [-0.2, -0.15) is 0 Å². The molecule has 1 heterocycles. The van der Waals surface area contributed by atoms with Crippen molar-refractivity contribution in [2.45, 2.75) is 19.1 Å². The third kappa shape index (κ3) is 5.12. The van der Waals surface area contributed by atoms with E-state index in [9.17, 15) is 5.11 Å². The van der Waals surface area contributed by atoms with Crippen molar-refractivity contribution in [2.75, 3.05) is 20.3 Å². The summed E-state index contributed by atoms with van der Waals surface area (Å²) in [5.74, 6) is 2.40. The van der Waals surface area contributed by atoms with Crippen molar-refractivity contribution in [1.82, 2.24) is 14.9 Å². The van der Waals surface area contributed by atoms with Crippen LogP contribution < -0.4 is 14.8 Å². The summed E-state index contributed by atoms with van der Waals surface area (Å²) in [6.07, 6.45) is 3.01. The fourth-order valence-electron chi connectivity index (χ4n) is 3.04. The molecule has 3 aromatic rings. The van der Waals surface area contributed by atoms with Gasteiger partial charge in [0.1, 0.15) is 30.0 Å². The maximum Gasteiger partial charge on any atom is 0.130 e. The Morgan fingerprint density at radius 2 is 1.93 bits per heavy atom. The van der Waals surface area contributed by atoms with Crippen LogP contribution in [0.2, 0.25) is 0 Å². The van der Waals surface area contributed by atoms with Crippen molar-refractivity contribution < 1.29 is 14.6 Å². The molecule has 148 valence electrons. The number of aromatic nitrogens is 2. The van der Waals surface area contributed by atoms with Crippen molar-refractivity contribution in [2.24, 2.45) is 7.05 Å². The lowest BCUT2D eigenvalue weighted by molar-refractivity contribution is 0.104. The van der Waals surface area contributed by atoms with Gasteiger partial charge in [0.05, 0.1) is 13.2 Å². The van der Waals surface area contributed by atoms with Crippen molar-refractivity contribution in [3.05, 3.63) is 77.9 Å². The van der Waals surface area contributed by atoms with Gasteiger partial charge in [-0.15, -0.1) is 0 Å². The third-order valence-electron chi connectivity index (χ3n) is 4.53. The van der Waals surface area contributed by atoms with E-state index in [1.165, 1.54) is 0 Å². The largest absolute Gasteiger partial charge is 0.497 e. The topological polar surface area (TPSA) is 68.5 Å². The highest BCUT2D eigenvalue weighted by Crippen LogP contribution is 2.24. The number of aliphatic hydroxyl groups excluding tert-OH is 1. The SMILES string of the molecule is COc1cccc(C(NCC(O)COc2cccc(C)c2)c2nccn2C)c1. The van der Waals surface area contributed by atoms with E-state index >= 15 is 0 Å². The number of methoxy groups -OCH3 is 1. The van der Waals surface area contributed by atoms with Crippen LogP contribution in [0.25, 0.3) is 0 Å². The van der Waals surface area contributed by atoms with E-state index < -0.39 is 6.10 Å². The van der Waals surface area contributed by atoms with E-state index in [0.29, 0.717) is 6.54 Å². The number of benzene rings is 2. The fourth-order valence-corrected chi connectivity index (χ4v) is 3.04. The van der Waals surface area contributed by atoms with Crippen LogP contribution in [-0.4, -0.2) is 41.0 Å². The van der Waals surface area contributed by atoms with Gasteiger partial charge in [0.25, 0.3) is 0 Å². The number of nitrogens with one attached hydrogen (secondary N) is 1. The Labute approximate surface area is 165 Å². The quantitative estimate of drug-likeness (QED) is 0.597. The number of aliphatic hydroxyl groups is 1. The Hall–Kier alpha value is -2.83. The Morgan fingerprint density at radius 3 is 2.64 bits per heavy atom. The van der Waals surface area contributed by atoms with Gasteiger partial charge >= 0.3 is 0 Å². The van der Waals surface area contributed by atoms with Gasteiger partial charge in [-0.25, -0.2) is 4.98 Å². The summed E-state index contributed by atoms with van der Waals surface area (Å²) in [5, 5.41) is 13.8. The normalized spacial score (nSPS) is 13.1. The summed E-state index contributed by atoms with van der Waals surface area (Å²) in [7, 11) is 3.60. The number of nitrogens with zero attached hydrogens (tertiary/aromatic N) is 2. The van der Waals surface area contributed by atoms with Gasteiger partial charge in [0, 0.05) is 26.0 Å². The maximum absolute atomic E-state index is 10.4. The Bertz CT molecular complexity index is 894. The molecule has 0 fully saturated rings. The smallest absolute Gasteiger partial charge is 0.130 e. The van der Waals surface area contributed by atoms with Gasteiger partial charge in [-0.3, -0.25) is 0 Å². The Balaban J connectivity index is 1.67. The minimum Gasteiger partial charge on any atom is -0.497 e. The van der Waals surface area contributed by atoms with E-state index in [1.54, 1.807) is 13.3 Å². The summed E-state index contributed by atoms with van der Waals surface area (Å²) in [4.78, 5) is 4.48. The first-order valence-electron chi connectivity index (χ1n) is 9.29. The molecule has 6 heteroatoms. The van der Waals surface area contributed by atoms with Crippen molar-refractivity contribution >= 4 is 0 Å². The molecule has 0 saturated carbocycles. The second-order valence-electron chi connectivity index (χ2n) is 6.80. The minimum atomic E-state index is -0.658. The number of imidazole rings is 1. The summed E-state index contributed by atoms with van der Waals surface area (Å²) in [6, 6.07) is 15.5. The molecule has 6 nitrogen and oxygen atoms in total. The van der Waals surface area contributed by atoms with Crippen molar-refractivity contribution in [3.8, 4) is 11.5 Å². The van der Waals surface area contributed by atoms with Crippen LogP contribution in [0.3, 0.4) is 0 Å². The van der Waals surface area contributed by atoms with Crippen LogP contribution in [0.1, 0.15) is 23.0 Å². The van der Waals surface area contributed by atoms with Gasteiger partial charge in [0.2, 0.25) is 0 Å². The summed E-state index contributed by atoms with van der Waals surface area (Å²) < 4.78 is 13.0. The zero-order chi connectivity index (χ0) is 19.9. The first-order valence-corrected chi connectivity index (χ1v) is 9.29. The number of hydrogen-bond acceptors (Lipinski definition) is 5. The van der Waals surface area contributed by atoms with Gasteiger partial charge in [-0.1, -0.05) is 24.3 Å². The van der Waals surface area contributed by atoms with Crippen LogP contribution in [0.5, 0.6) is 11.5 Å². The summed E-state index contributed by atoms with van der Waals surface area (Å²) >= 11 is 0. The maximum atomic E-state index is 10.4. The van der Waals surface area contributed by atoms with Gasteiger partial charge < -0.3 is 24.5 Å². The minimum absolute atomic E-state index is 0.177. The molecule has 0 aliphatic heterocycles. The highest BCUT2D eigenvalue weighted by atomic mass is 16.5. The Kier molecular flexibility index (Phi) is 6.68. The van der Waals surface area contributed by atoms with Crippen molar-refractivity contribution in [1.29, 1.82) is 0 Å². The predicted octanol–water partition coefficient (Wildman–Crippen LogP) is 2.86. The molecule has 2 atom stereocenters. The lowest BCUT2D eigenvalue weighted by Crippen LogP contribution is -2.35. The predicted molar refractivity (Wildman–Crippen MR) is 109 cm³/mol. The zero-order valence-electron chi connectivity index (χ0n) is 16.5. The van der Waals surface area contributed by atoms with Gasteiger partial charge in [-0.05, 0) is 42.3 Å². The average Bonchev–Trinajstić information content (AvgIpc) is 3.12. The lowest BCUT2D eigenvalue weighted by atomic mass is 10.1. The Morgan fingerprint density at radius 1 is 1.14 bits per heavy atom. The van der Waals surface area contributed by atoms with Crippen LogP contribution in [0, 0.1) is 6.92 Å². The van der Waals surface area contributed by atoms with Crippen LogP contribution in [0.4, 0.5) is 0 Å². The lowest BCUT2D eigenvalue weighted by Gasteiger charge is -2.22. The molecule has 0 radical (unpaired) electrons. The van der Waals surface area contributed by atoms with E-state index in [4.69, 9.17) is 9.47 Å². The number of ether oxygens (including phenoxy) is 2. The highest BCUT2D eigenvalue weighted by Gasteiger charge is 2.20. The van der Waals surface area contributed by atoms with Crippen LogP contribution in [0.15, 0.2) is 60.9 Å². The molecule has 0 amide bonds. The summed E-state index contributed by atoms with van der Waals surface area (Å²) in [6.45, 7) is 2.58. The molecule has 2 N–H and O–H groups in total. The zero-order valence-corrected chi connectivity index (χ0v) is 16.5. The number of hydrogen-bond donors (Lipinski definition) is 2. The molecule has 1 aromatic heterocycles. The second-order valence-corrected chi connectivity index (χ2v) is 6.80. The molecular weight excluding hydrogens is 354 g/mol.